The van der Waals surface area contributed by atoms with Gasteiger partial charge in [-0.05, 0) is 24.7 Å². The highest BCUT2D eigenvalue weighted by atomic mass is 35.5. The quantitative estimate of drug-likeness (QED) is 0.737. The van der Waals surface area contributed by atoms with Gasteiger partial charge in [0.15, 0.2) is 0 Å². The van der Waals surface area contributed by atoms with Crippen LogP contribution < -0.4 is 4.74 Å². The molecule has 0 amide bonds. The minimum absolute atomic E-state index is 0.391. The molecule has 0 aliphatic carbocycles. The predicted molar refractivity (Wildman–Crippen MR) is 60.0 cm³/mol. The Morgan fingerprint density at radius 2 is 2.27 bits per heavy atom. The molecule has 0 spiro atoms. The fraction of sp³-hybridized carbons (Fsp3) is 0.364. The second kappa shape index (κ2) is 5.59. The molecule has 80 valence electrons. The first-order valence-corrected chi connectivity index (χ1v) is 4.93. The topological polar surface area (TPSA) is 36.3 Å². The summed E-state index contributed by atoms with van der Waals surface area (Å²) in [5, 5.41) is 9.19. The van der Waals surface area contributed by atoms with Crippen molar-refractivity contribution in [2.24, 2.45) is 0 Å². The van der Waals surface area contributed by atoms with Crippen molar-refractivity contribution in [2.75, 3.05) is 20.7 Å². The van der Waals surface area contributed by atoms with E-state index in [1.807, 2.05) is 24.1 Å². The van der Waals surface area contributed by atoms with Gasteiger partial charge in [-0.25, -0.2) is 0 Å². The van der Waals surface area contributed by atoms with Crippen molar-refractivity contribution in [1.82, 2.24) is 4.90 Å². The van der Waals surface area contributed by atoms with Crippen molar-refractivity contribution < 1.29 is 4.74 Å². The van der Waals surface area contributed by atoms with E-state index in [0.717, 1.165) is 11.3 Å². The molecule has 1 aromatic carbocycles. The molecule has 15 heavy (non-hydrogen) atoms. The molecule has 3 nitrogen and oxygen atoms in total. The van der Waals surface area contributed by atoms with E-state index < -0.39 is 0 Å². The van der Waals surface area contributed by atoms with E-state index in [4.69, 9.17) is 21.6 Å². The maximum atomic E-state index is 8.52. The Balaban J connectivity index is 2.74. The smallest absolute Gasteiger partial charge is 0.120 e. The van der Waals surface area contributed by atoms with E-state index in [2.05, 4.69) is 6.07 Å². The Morgan fingerprint density at radius 3 is 2.80 bits per heavy atom. The molecule has 4 heteroatoms. The number of nitrogens with zero attached hydrogens (tertiary/aromatic N) is 2. The van der Waals surface area contributed by atoms with Gasteiger partial charge < -0.3 is 4.74 Å². The van der Waals surface area contributed by atoms with Crippen LogP contribution in [0.5, 0.6) is 5.75 Å². The van der Waals surface area contributed by atoms with Crippen LogP contribution in [-0.2, 0) is 6.54 Å². The molecule has 0 fully saturated rings. The highest BCUT2D eigenvalue weighted by molar-refractivity contribution is 6.31. The lowest BCUT2D eigenvalue weighted by Crippen LogP contribution is -2.17. The molecule has 0 atom stereocenters. The molecule has 0 saturated carbocycles. The number of ether oxygens (including phenoxy) is 1. The van der Waals surface area contributed by atoms with E-state index in [-0.39, 0.29) is 0 Å². The van der Waals surface area contributed by atoms with Gasteiger partial charge in [-0.15, -0.1) is 0 Å². The van der Waals surface area contributed by atoms with E-state index in [1.165, 1.54) is 0 Å². The number of nitriles is 1. The van der Waals surface area contributed by atoms with Gasteiger partial charge in [-0.1, -0.05) is 17.7 Å². The zero-order valence-corrected chi connectivity index (χ0v) is 9.58. The van der Waals surface area contributed by atoms with Crippen LogP contribution in [-0.4, -0.2) is 25.6 Å². The monoisotopic (exact) mass is 224 g/mol. The van der Waals surface area contributed by atoms with Crippen LogP contribution in [0.15, 0.2) is 18.2 Å². The molecule has 0 aliphatic heterocycles. The first-order chi connectivity index (χ1) is 7.17. The summed E-state index contributed by atoms with van der Waals surface area (Å²) >= 11 is 6.06. The van der Waals surface area contributed by atoms with Crippen molar-refractivity contribution in [1.29, 1.82) is 5.26 Å². The molecule has 1 aromatic rings. The fourth-order valence-corrected chi connectivity index (χ4v) is 1.48. The van der Waals surface area contributed by atoms with Crippen LogP contribution >= 0.6 is 11.6 Å². The minimum atomic E-state index is 0.391. The van der Waals surface area contributed by atoms with E-state index in [0.29, 0.717) is 18.1 Å². The van der Waals surface area contributed by atoms with Crippen molar-refractivity contribution in [3.8, 4) is 11.8 Å². The third-order valence-electron chi connectivity index (χ3n) is 2.04. The molecule has 0 bridgehead atoms. The number of rotatable bonds is 4. The zero-order chi connectivity index (χ0) is 11.3. The summed E-state index contributed by atoms with van der Waals surface area (Å²) in [6.07, 6.45) is 0. The summed E-state index contributed by atoms with van der Waals surface area (Å²) in [5.41, 5.74) is 0.996. The van der Waals surface area contributed by atoms with Crippen LogP contribution in [0.2, 0.25) is 5.02 Å². The molecule has 0 N–H and O–H groups in total. The maximum absolute atomic E-state index is 8.52. The highest BCUT2D eigenvalue weighted by Crippen LogP contribution is 2.23. The minimum Gasteiger partial charge on any atom is -0.497 e. The number of hydrogen-bond acceptors (Lipinski definition) is 3. The first-order valence-electron chi connectivity index (χ1n) is 4.55. The van der Waals surface area contributed by atoms with Gasteiger partial charge in [0.05, 0.1) is 19.7 Å². The number of halogens is 1. The summed E-state index contributed by atoms with van der Waals surface area (Å²) in [5.74, 6) is 0.742. The van der Waals surface area contributed by atoms with Crippen LogP contribution in [0, 0.1) is 11.3 Å². The van der Waals surface area contributed by atoms with Crippen LogP contribution in [0.25, 0.3) is 0 Å². The van der Waals surface area contributed by atoms with Crippen LogP contribution in [0.4, 0.5) is 0 Å². The van der Waals surface area contributed by atoms with Crippen molar-refractivity contribution in [3.63, 3.8) is 0 Å². The average Bonchev–Trinajstić information content (AvgIpc) is 2.21. The first kappa shape index (κ1) is 11.8. The van der Waals surface area contributed by atoms with Crippen LogP contribution in [0.1, 0.15) is 5.56 Å². The molecular formula is C11H13ClN2O. The Hall–Kier alpha value is -1.24. The largest absolute Gasteiger partial charge is 0.497 e. The van der Waals surface area contributed by atoms with E-state index >= 15 is 0 Å². The summed E-state index contributed by atoms with van der Waals surface area (Å²) in [6.45, 7) is 1.05. The number of hydrogen-bond donors (Lipinski definition) is 0. The molecule has 0 radical (unpaired) electrons. The van der Waals surface area contributed by atoms with Gasteiger partial charge in [0.25, 0.3) is 0 Å². The van der Waals surface area contributed by atoms with Crippen molar-refractivity contribution in [2.45, 2.75) is 6.54 Å². The summed E-state index contributed by atoms with van der Waals surface area (Å²) in [7, 11) is 3.48. The van der Waals surface area contributed by atoms with E-state index in [9.17, 15) is 0 Å². The zero-order valence-electron chi connectivity index (χ0n) is 8.83. The Labute approximate surface area is 94.8 Å². The second-order valence-electron chi connectivity index (χ2n) is 3.29. The summed E-state index contributed by atoms with van der Waals surface area (Å²) in [4.78, 5) is 1.90. The van der Waals surface area contributed by atoms with Gasteiger partial charge in [0.2, 0.25) is 0 Å². The third-order valence-corrected chi connectivity index (χ3v) is 2.39. The van der Waals surface area contributed by atoms with Crippen molar-refractivity contribution in [3.05, 3.63) is 28.8 Å². The molecular weight excluding hydrogens is 212 g/mol. The molecule has 0 aliphatic rings. The SMILES string of the molecule is COc1ccc(CN(C)CC#N)c(Cl)c1. The summed E-state index contributed by atoms with van der Waals surface area (Å²) < 4.78 is 5.05. The standard InChI is InChI=1S/C11H13ClN2O/c1-14(6-5-13)8-9-3-4-10(15-2)7-11(9)12/h3-4,7H,6,8H2,1-2H3. The maximum Gasteiger partial charge on any atom is 0.120 e. The Kier molecular flexibility index (Phi) is 4.41. The molecule has 0 saturated heterocycles. The molecule has 1 rings (SSSR count). The van der Waals surface area contributed by atoms with Gasteiger partial charge >= 0.3 is 0 Å². The van der Waals surface area contributed by atoms with E-state index in [1.54, 1.807) is 13.2 Å². The normalized spacial score (nSPS) is 10.1. The lowest BCUT2D eigenvalue weighted by Gasteiger charge is -2.13. The Morgan fingerprint density at radius 1 is 1.53 bits per heavy atom. The third kappa shape index (κ3) is 3.43. The van der Waals surface area contributed by atoms with Crippen molar-refractivity contribution >= 4 is 11.6 Å². The lowest BCUT2D eigenvalue weighted by atomic mass is 10.2. The number of methoxy groups -OCH3 is 1. The molecule has 0 aromatic heterocycles. The van der Waals surface area contributed by atoms with Crippen LogP contribution in [0.3, 0.4) is 0 Å². The van der Waals surface area contributed by atoms with Gasteiger partial charge in [-0.2, -0.15) is 5.26 Å². The van der Waals surface area contributed by atoms with Gasteiger partial charge in [0.1, 0.15) is 5.75 Å². The number of benzene rings is 1. The average molecular weight is 225 g/mol. The Bertz CT molecular complexity index is 373. The lowest BCUT2D eigenvalue weighted by molar-refractivity contribution is 0.367. The van der Waals surface area contributed by atoms with Gasteiger partial charge in [0, 0.05) is 11.6 Å². The second-order valence-corrected chi connectivity index (χ2v) is 3.69. The molecule has 0 heterocycles. The highest BCUT2D eigenvalue weighted by Gasteiger charge is 2.05. The fourth-order valence-electron chi connectivity index (χ4n) is 1.25. The predicted octanol–water partition coefficient (Wildman–Crippen LogP) is 2.30. The molecule has 0 unspecified atom stereocenters. The summed E-state index contributed by atoms with van der Waals surface area (Å²) in [6, 6.07) is 7.64. The van der Waals surface area contributed by atoms with Gasteiger partial charge in [-0.3, -0.25) is 4.90 Å².